The molecule has 0 aliphatic heterocycles. The molecule has 0 heterocycles. The van der Waals surface area contributed by atoms with Gasteiger partial charge in [0.1, 0.15) is 0 Å². The van der Waals surface area contributed by atoms with Crippen molar-refractivity contribution in [3.63, 3.8) is 0 Å². The lowest BCUT2D eigenvalue weighted by Gasteiger charge is -2.17. The molecule has 0 fully saturated rings. The Hall–Kier alpha value is -0.890. The maximum absolute atomic E-state index is 5.50. The van der Waals surface area contributed by atoms with Crippen LogP contribution in [0.2, 0.25) is 0 Å². The monoisotopic (exact) mass is 332 g/mol. The first-order chi connectivity index (χ1) is 11.2. The number of ether oxygens (including phenoxy) is 3. The molecule has 0 aromatic heterocycles. The zero-order valence-corrected chi connectivity index (χ0v) is 15.4. The van der Waals surface area contributed by atoms with Gasteiger partial charge in [-0.3, -0.25) is 4.99 Å². The van der Waals surface area contributed by atoms with Gasteiger partial charge in [-0.05, 0) is 13.5 Å². The fourth-order valence-electron chi connectivity index (χ4n) is 1.75. The molecular weight excluding hydrogens is 296 g/mol. The van der Waals surface area contributed by atoms with Crippen molar-refractivity contribution in [1.82, 2.24) is 15.5 Å². The van der Waals surface area contributed by atoms with E-state index >= 15 is 0 Å². The van der Waals surface area contributed by atoms with E-state index < -0.39 is 0 Å². The maximum Gasteiger partial charge on any atom is 0.191 e. The Labute approximate surface area is 141 Å². The van der Waals surface area contributed by atoms with Gasteiger partial charge in [0.25, 0.3) is 0 Å². The molecule has 0 saturated carbocycles. The average molecular weight is 332 g/mol. The van der Waals surface area contributed by atoms with Gasteiger partial charge in [-0.25, -0.2) is 0 Å². The van der Waals surface area contributed by atoms with Crippen molar-refractivity contribution in [2.45, 2.75) is 19.8 Å². The second-order valence-corrected chi connectivity index (χ2v) is 5.30. The quantitative estimate of drug-likeness (QED) is 0.260. The molecule has 0 rings (SSSR count). The van der Waals surface area contributed by atoms with Crippen LogP contribution in [0.3, 0.4) is 0 Å². The van der Waals surface area contributed by atoms with E-state index in [1.807, 2.05) is 0 Å². The molecule has 7 nitrogen and oxygen atoms in total. The van der Waals surface area contributed by atoms with E-state index in [1.165, 1.54) is 6.42 Å². The van der Waals surface area contributed by atoms with Crippen molar-refractivity contribution in [3.05, 3.63) is 0 Å². The summed E-state index contributed by atoms with van der Waals surface area (Å²) in [6.45, 7) is 9.13. The summed E-state index contributed by atoms with van der Waals surface area (Å²) in [5, 5.41) is 6.51. The predicted octanol–water partition coefficient (Wildman–Crippen LogP) is 0.563. The van der Waals surface area contributed by atoms with E-state index in [1.54, 1.807) is 14.2 Å². The number of hydrogen-bond acceptors (Lipinski definition) is 5. The molecule has 0 amide bonds. The van der Waals surface area contributed by atoms with Crippen LogP contribution in [-0.4, -0.2) is 91.3 Å². The van der Waals surface area contributed by atoms with Gasteiger partial charge in [0.05, 0.1) is 26.4 Å². The van der Waals surface area contributed by atoms with Gasteiger partial charge in [-0.15, -0.1) is 0 Å². The van der Waals surface area contributed by atoms with Crippen molar-refractivity contribution in [1.29, 1.82) is 0 Å². The van der Waals surface area contributed by atoms with Gasteiger partial charge in [0.15, 0.2) is 5.96 Å². The van der Waals surface area contributed by atoms with Crippen LogP contribution in [0.15, 0.2) is 4.99 Å². The van der Waals surface area contributed by atoms with E-state index in [2.05, 4.69) is 34.5 Å². The number of nitrogens with one attached hydrogen (secondary N) is 2. The molecule has 0 aromatic carbocycles. The molecule has 0 saturated heterocycles. The minimum absolute atomic E-state index is 0.641. The highest BCUT2D eigenvalue weighted by atomic mass is 16.5. The summed E-state index contributed by atoms with van der Waals surface area (Å²) < 4.78 is 16.0. The molecule has 138 valence electrons. The van der Waals surface area contributed by atoms with Crippen molar-refractivity contribution in [3.8, 4) is 0 Å². The molecule has 0 aliphatic carbocycles. The van der Waals surface area contributed by atoms with Gasteiger partial charge in [-0.1, -0.05) is 13.3 Å². The number of rotatable bonds is 15. The SMILES string of the molecule is CCCCOCCOCCNC(=NC)NCCN(C)CCOC. The summed E-state index contributed by atoms with van der Waals surface area (Å²) in [4.78, 5) is 6.40. The predicted molar refractivity (Wildman–Crippen MR) is 95.3 cm³/mol. The lowest BCUT2D eigenvalue weighted by molar-refractivity contribution is 0.0487. The van der Waals surface area contributed by atoms with E-state index in [0.29, 0.717) is 19.8 Å². The zero-order valence-electron chi connectivity index (χ0n) is 15.4. The Morgan fingerprint density at radius 2 is 1.65 bits per heavy atom. The van der Waals surface area contributed by atoms with Crippen molar-refractivity contribution < 1.29 is 14.2 Å². The number of aliphatic imine (C=N–C) groups is 1. The number of hydrogen-bond donors (Lipinski definition) is 2. The van der Waals surface area contributed by atoms with Crippen LogP contribution in [0.25, 0.3) is 0 Å². The highest BCUT2D eigenvalue weighted by Gasteiger charge is 2.00. The first-order valence-electron chi connectivity index (χ1n) is 8.52. The summed E-state index contributed by atoms with van der Waals surface area (Å²) in [7, 11) is 5.57. The van der Waals surface area contributed by atoms with Crippen LogP contribution in [0, 0.1) is 0 Å². The molecule has 0 atom stereocenters. The Kier molecular flexibility index (Phi) is 16.8. The second-order valence-electron chi connectivity index (χ2n) is 5.30. The average Bonchev–Trinajstić information content (AvgIpc) is 2.56. The van der Waals surface area contributed by atoms with Crippen molar-refractivity contribution >= 4 is 5.96 Å². The third kappa shape index (κ3) is 15.8. The molecule has 0 spiro atoms. The van der Waals surface area contributed by atoms with Crippen LogP contribution < -0.4 is 10.6 Å². The Morgan fingerprint density at radius 3 is 2.30 bits per heavy atom. The molecule has 0 aromatic rings. The van der Waals surface area contributed by atoms with Crippen molar-refractivity contribution in [2.75, 3.05) is 80.4 Å². The normalized spacial score (nSPS) is 12.0. The molecule has 0 aliphatic rings. The van der Waals surface area contributed by atoms with Gasteiger partial charge in [0, 0.05) is 46.9 Å². The number of unbranched alkanes of at least 4 members (excludes halogenated alkanes) is 1. The Morgan fingerprint density at radius 1 is 0.957 bits per heavy atom. The number of guanidine groups is 1. The molecule has 0 radical (unpaired) electrons. The second kappa shape index (κ2) is 17.5. The third-order valence-corrected chi connectivity index (χ3v) is 3.24. The summed E-state index contributed by atoms with van der Waals surface area (Å²) in [6.07, 6.45) is 2.28. The minimum Gasteiger partial charge on any atom is -0.383 e. The van der Waals surface area contributed by atoms with Crippen LogP contribution in [0.5, 0.6) is 0 Å². The first kappa shape index (κ1) is 22.1. The van der Waals surface area contributed by atoms with Gasteiger partial charge in [-0.2, -0.15) is 0 Å². The lowest BCUT2D eigenvalue weighted by Crippen LogP contribution is -2.42. The maximum atomic E-state index is 5.50. The van der Waals surface area contributed by atoms with E-state index in [9.17, 15) is 0 Å². The topological polar surface area (TPSA) is 67.4 Å². The first-order valence-corrected chi connectivity index (χ1v) is 8.52. The van der Waals surface area contributed by atoms with Crippen LogP contribution in [-0.2, 0) is 14.2 Å². The number of methoxy groups -OCH3 is 1. The third-order valence-electron chi connectivity index (χ3n) is 3.24. The lowest BCUT2D eigenvalue weighted by atomic mass is 10.4. The molecular formula is C16H36N4O3. The highest BCUT2D eigenvalue weighted by molar-refractivity contribution is 5.79. The standard InChI is InChI=1S/C16H36N4O3/c1-5-6-11-22-14-15-23-12-8-19-16(17-2)18-7-9-20(3)10-13-21-4/h5-15H2,1-4H3,(H2,17,18,19). The molecule has 2 N–H and O–H groups in total. The smallest absolute Gasteiger partial charge is 0.191 e. The molecule has 7 heteroatoms. The fourth-order valence-corrected chi connectivity index (χ4v) is 1.75. The summed E-state index contributed by atoms with van der Waals surface area (Å²) in [5.41, 5.74) is 0. The van der Waals surface area contributed by atoms with E-state index in [0.717, 1.165) is 51.8 Å². The van der Waals surface area contributed by atoms with Crippen LogP contribution >= 0.6 is 0 Å². The van der Waals surface area contributed by atoms with Gasteiger partial charge >= 0.3 is 0 Å². The minimum atomic E-state index is 0.641. The van der Waals surface area contributed by atoms with Gasteiger partial charge < -0.3 is 29.7 Å². The molecule has 0 bridgehead atoms. The molecule has 0 unspecified atom stereocenters. The highest BCUT2D eigenvalue weighted by Crippen LogP contribution is 1.87. The summed E-state index contributed by atoms with van der Waals surface area (Å²) in [5.74, 6) is 0.799. The van der Waals surface area contributed by atoms with E-state index in [4.69, 9.17) is 14.2 Å². The van der Waals surface area contributed by atoms with Crippen LogP contribution in [0.1, 0.15) is 19.8 Å². The summed E-state index contributed by atoms with van der Waals surface area (Å²) >= 11 is 0. The Balaban J connectivity index is 3.45. The van der Waals surface area contributed by atoms with Gasteiger partial charge in [0.2, 0.25) is 0 Å². The van der Waals surface area contributed by atoms with Crippen LogP contribution in [0.4, 0.5) is 0 Å². The largest absolute Gasteiger partial charge is 0.383 e. The van der Waals surface area contributed by atoms with E-state index in [-0.39, 0.29) is 0 Å². The number of nitrogens with zero attached hydrogens (tertiary/aromatic N) is 2. The Bertz CT molecular complexity index is 278. The molecule has 23 heavy (non-hydrogen) atoms. The summed E-state index contributed by atoms with van der Waals surface area (Å²) in [6, 6.07) is 0. The van der Waals surface area contributed by atoms with Crippen molar-refractivity contribution in [2.24, 2.45) is 4.99 Å². The zero-order chi connectivity index (χ0) is 17.2. The number of likely N-dealkylation sites (N-methyl/N-ethyl adjacent to an activating group) is 1. The fraction of sp³-hybridized carbons (Fsp3) is 0.938.